The van der Waals surface area contributed by atoms with Crippen LogP contribution in [0.2, 0.25) is 0 Å². The molecule has 0 aliphatic rings. The normalized spacial score (nSPS) is 11.2. The fourth-order valence-corrected chi connectivity index (χ4v) is 2.46. The maximum Gasteiger partial charge on any atom is 0.266 e. The van der Waals surface area contributed by atoms with Gasteiger partial charge in [0, 0.05) is 10.2 Å². The number of carbonyl (C=O) groups is 1. The molecule has 0 heterocycles. The number of amides is 1. The Bertz CT molecular complexity index is 771. The number of hydrogen-bond donors (Lipinski definition) is 1. The van der Waals surface area contributed by atoms with Crippen molar-refractivity contribution in [3.63, 3.8) is 0 Å². The van der Waals surface area contributed by atoms with Gasteiger partial charge in [-0.25, -0.2) is 0 Å². The molecule has 0 saturated carbocycles. The van der Waals surface area contributed by atoms with Crippen molar-refractivity contribution in [1.29, 1.82) is 5.26 Å². The van der Waals surface area contributed by atoms with Gasteiger partial charge in [0.1, 0.15) is 11.6 Å². The van der Waals surface area contributed by atoms with Gasteiger partial charge in [-0.05, 0) is 41.3 Å². The molecule has 0 aliphatic heterocycles. The zero-order valence-electron chi connectivity index (χ0n) is 13.0. The first-order chi connectivity index (χ1) is 11.0. The first kappa shape index (κ1) is 17.0. The molecule has 0 spiro atoms. The molecule has 23 heavy (non-hydrogen) atoms. The molecule has 116 valence electrons. The van der Waals surface area contributed by atoms with Crippen molar-refractivity contribution in [3.8, 4) is 6.07 Å². The van der Waals surface area contributed by atoms with Crippen LogP contribution in [0.4, 0.5) is 5.69 Å². The number of hydrogen-bond acceptors (Lipinski definition) is 2. The third-order valence-corrected chi connectivity index (χ3v) is 3.85. The second kappa shape index (κ2) is 7.75. The van der Waals surface area contributed by atoms with E-state index in [2.05, 4.69) is 35.1 Å². The van der Waals surface area contributed by atoms with Gasteiger partial charge in [-0.3, -0.25) is 4.79 Å². The van der Waals surface area contributed by atoms with E-state index in [-0.39, 0.29) is 5.57 Å². The van der Waals surface area contributed by atoms with Gasteiger partial charge in [0.15, 0.2) is 0 Å². The molecule has 0 radical (unpaired) electrons. The molecule has 2 rings (SSSR count). The molecule has 2 aromatic rings. The lowest BCUT2D eigenvalue weighted by molar-refractivity contribution is -0.112. The Morgan fingerprint density at radius 2 is 1.91 bits per heavy atom. The number of rotatable bonds is 4. The van der Waals surface area contributed by atoms with E-state index in [0.717, 1.165) is 10.0 Å². The van der Waals surface area contributed by atoms with Crippen molar-refractivity contribution < 1.29 is 4.79 Å². The van der Waals surface area contributed by atoms with Crippen LogP contribution in [-0.2, 0) is 4.79 Å². The largest absolute Gasteiger partial charge is 0.321 e. The number of anilines is 1. The zero-order valence-corrected chi connectivity index (χ0v) is 14.6. The third-order valence-electron chi connectivity index (χ3n) is 3.36. The smallest absolute Gasteiger partial charge is 0.266 e. The summed E-state index contributed by atoms with van der Waals surface area (Å²) in [5.74, 6) is 0.0295. The third kappa shape index (κ3) is 4.80. The molecule has 0 atom stereocenters. The summed E-state index contributed by atoms with van der Waals surface area (Å²) in [6.07, 6.45) is 1.59. The van der Waals surface area contributed by atoms with Gasteiger partial charge >= 0.3 is 0 Å². The minimum atomic E-state index is -0.418. The van der Waals surface area contributed by atoms with E-state index in [1.54, 1.807) is 18.2 Å². The first-order valence-electron chi connectivity index (χ1n) is 7.28. The van der Waals surface area contributed by atoms with E-state index < -0.39 is 5.91 Å². The number of halogens is 1. The fourth-order valence-electron chi connectivity index (χ4n) is 2.06. The van der Waals surface area contributed by atoms with Gasteiger partial charge in [-0.2, -0.15) is 5.26 Å². The van der Waals surface area contributed by atoms with Crippen molar-refractivity contribution in [2.75, 3.05) is 5.32 Å². The molecule has 0 unspecified atom stereocenters. The van der Waals surface area contributed by atoms with Gasteiger partial charge in [-0.1, -0.05) is 60.1 Å². The van der Waals surface area contributed by atoms with Crippen LogP contribution in [0.1, 0.15) is 30.9 Å². The molecule has 2 aromatic carbocycles. The van der Waals surface area contributed by atoms with Crippen LogP contribution >= 0.6 is 15.9 Å². The highest BCUT2D eigenvalue weighted by Crippen LogP contribution is 2.18. The number of nitriles is 1. The maximum absolute atomic E-state index is 12.2. The summed E-state index contributed by atoms with van der Waals surface area (Å²) < 4.78 is 0.863. The lowest BCUT2D eigenvalue weighted by atomic mass is 10.0. The lowest BCUT2D eigenvalue weighted by Crippen LogP contribution is -2.13. The molecule has 1 amide bonds. The van der Waals surface area contributed by atoms with E-state index >= 15 is 0 Å². The van der Waals surface area contributed by atoms with Crippen LogP contribution in [-0.4, -0.2) is 5.91 Å². The van der Waals surface area contributed by atoms with Crippen molar-refractivity contribution in [2.45, 2.75) is 19.8 Å². The standard InChI is InChI=1S/C19H17BrN2O/c1-13(2)15-8-6-14(7-9-15)10-16(12-21)19(23)22-18-5-3-4-17(20)11-18/h3-11,13H,1-2H3,(H,22,23)/b16-10-. The highest BCUT2D eigenvalue weighted by Gasteiger charge is 2.10. The summed E-state index contributed by atoms with van der Waals surface area (Å²) in [6.45, 7) is 4.24. The van der Waals surface area contributed by atoms with Crippen LogP contribution in [0.3, 0.4) is 0 Å². The number of carbonyl (C=O) groups excluding carboxylic acids is 1. The van der Waals surface area contributed by atoms with E-state index in [1.165, 1.54) is 5.56 Å². The van der Waals surface area contributed by atoms with E-state index in [4.69, 9.17) is 0 Å². The maximum atomic E-state index is 12.2. The Labute approximate surface area is 144 Å². The highest BCUT2D eigenvalue weighted by atomic mass is 79.9. The zero-order chi connectivity index (χ0) is 16.8. The summed E-state index contributed by atoms with van der Waals surface area (Å²) in [7, 11) is 0. The number of nitrogens with one attached hydrogen (secondary N) is 1. The van der Waals surface area contributed by atoms with Crippen LogP contribution in [0.5, 0.6) is 0 Å². The Kier molecular flexibility index (Phi) is 5.72. The van der Waals surface area contributed by atoms with Gasteiger partial charge in [0.05, 0.1) is 0 Å². The van der Waals surface area contributed by atoms with Crippen molar-refractivity contribution >= 4 is 33.6 Å². The molecular weight excluding hydrogens is 352 g/mol. The molecule has 0 aromatic heterocycles. The minimum Gasteiger partial charge on any atom is -0.321 e. The SMILES string of the molecule is CC(C)c1ccc(/C=C(/C#N)C(=O)Nc2cccc(Br)c2)cc1. The molecule has 0 saturated heterocycles. The Balaban J connectivity index is 2.18. The van der Waals surface area contributed by atoms with E-state index in [1.807, 2.05) is 42.5 Å². The topological polar surface area (TPSA) is 52.9 Å². The lowest BCUT2D eigenvalue weighted by Gasteiger charge is -2.06. The van der Waals surface area contributed by atoms with Crippen molar-refractivity contribution in [2.24, 2.45) is 0 Å². The van der Waals surface area contributed by atoms with Gasteiger partial charge in [0.2, 0.25) is 0 Å². The highest BCUT2D eigenvalue weighted by molar-refractivity contribution is 9.10. The predicted molar refractivity (Wildman–Crippen MR) is 96.9 cm³/mol. The van der Waals surface area contributed by atoms with Gasteiger partial charge in [0.25, 0.3) is 5.91 Å². The number of nitrogens with zero attached hydrogens (tertiary/aromatic N) is 1. The molecule has 4 heteroatoms. The quantitative estimate of drug-likeness (QED) is 0.601. The molecule has 0 aliphatic carbocycles. The van der Waals surface area contributed by atoms with E-state index in [9.17, 15) is 10.1 Å². The monoisotopic (exact) mass is 368 g/mol. The van der Waals surface area contributed by atoms with Gasteiger partial charge in [-0.15, -0.1) is 0 Å². The average Bonchev–Trinajstić information content (AvgIpc) is 2.53. The summed E-state index contributed by atoms with van der Waals surface area (Å²) in [5.41, 5.74) is 2.76. The second-order valence-corrected chi connectivity index (χ2v) is 6.37. The minimum absolute atomic E-state index is 0.0715. The second-order valence-electron chi connectivity index (χ2n) is 5.46. The van der Waals surface area contributed by atoms with Crippen molar-refractivity contribution in [3.05, 3.63) is 69.7 Å². The average molecular weight is 369 g/mol. The van der Waals surface area contributed by atoms with Crippen molar-refractivity contribution in [1.82, 2.24) is 0 Å². The Hall–Kier alpha value is -2.38. The molecule has 3 nitrogen and oxygen atoms in total. The molecule has 0 fully saturated rings. The van der Waals surface area contributed by atoms with Gasteiger partial charge < -0.3 is 5.32 Å². The molecule has 0 bridgehead atoms. The van der Waals surface area contributed by atoms with Crippen LogP contribution in [0, 0.1) is 11.3 Å². The first-order valence-corrected chi connectivity index (χ1v) is 8.07. The molecular formula is C19H17BrN2O. The molecule has 1 N–H and O–H groups in total. The summed E-state index contributed by atoms with van der Waals surface area (Å²) >= 11 is 3.35. The number of benzene rings is 2. The Morgan fingerprint density at radius 1 is 1.22 bits per heavy atom. The van der Waals surface area contributed by atoms with Crippen LogP contribution in [0.15, 0.2) is 58.6 Å². The summed E-state index contributed by atoms with van der Waals surface area (Å²) in [4.78, 5) is 12.2. The Morgan fingerprint density at radius 3 is 2.48 bits per heavy atom. The van der Waals surface area contributed by atoms with Crippen LogP contribution < -0.4 is 5.32 Å². The van der Waals surface area contributed by atoms with E-state index in [0.29, 0.717) is 11.6 Å². The summed E-state index contributed by atoms with van der Waals surface area (Å²) in [5, 5.41) is 12.0. The van der Waals surface area contributed by atoms with Crippen LogP contribution in [0.25, 0.3) is 6.08 Å². The summed E-state index contributed by atoms with van der Waals surface area (Å²) in [6, 6.07) is 17.1. The fraction of sp³-hybridized carbons (Fsp3) is 0.158. The predicted octanol–water partition coefficient (Wildman–Crippen LogP) is 5.12.